The third-order valence-corrected chi connectivity index (χ3v) is 5.32. The van der Waals surface area contributed by atoms with Crippen LogP contribution in [-0.2, 0) is 11.3 Å². The van der Waals surface area contributed by atoms with Crippen molar-refractivity contribution in [3.05, 3.63) is 47.7 Å². The molecule has 1 aromatic rings. The summed E-state index contributed by atoms with van der Waals surface area (Å²) in [4.78, 5) is 28.4. The lowest BCUT2D eigenvalue weighted by molar-refractivity contribution is -0.130. The van der Waals surface area contributed by atoms with Crippen LogP contribution in [0.1, 0.15) is 44.1 Å². The number of urea groups is 1. The number of piperidine rings is 1. The number of allylic oxidation sites excluding steroid dienone is 2. The first-order valence-corrected chi connectivity index (χ1v) is 9.68. The topological polar surface area (TPSA) is 52.7 Å². The van der Waals surface area contributed by atoms with Gasteiger partial charge >= 0.3 is 6.03 Å². The minimum Gasteiger partial charge on any atom is -0.341 e. The number of likely N-dealkylation sites (tertiary alicyclic amines) is 1. The summed E-state index contributed by atoms with van der Waals surface area (Å²) < 4.78 is 0. The van der Waals surface area contributed by atoms with Crippen molar-refractivity contribution in [2.45, 2.75) is 45.1 Å². The molecule has 1 heterocycles. The van der Waals surface area contributed by atoms with Crippen molar-refractivity contribution in [3.8, 4) is 0 Å². The fraction of sp³-hybridized carbons (Fsp3) is 0.524. The van der Waals surface area contributed by atoms with Gasteiger partial charge in [0.1, 0.15) is 0 Å². The van der Waals surface area contributed by atoms with Gasteiger partial charge in [-0.15, -0.1) is 0 Å². The number of carbonyl (C=O) groups excluding carboxylic acids is 2. The molecule has 0 radical (unpaired) electrons. The van der Waals surface area contributed by atoms with Crippen LogP contribution in [0.3, 0.4) is 0 Å². The maximum absolute atomic E-state index is 12.5. The van der Waals surface area contributed by atoms with Crippen molar-refractivity contribution in [2.24, 2.45) is 5.92 Å². The van der Waals surface area contributed by atoms with Gasteiger partial charge < -0.3 is 10.2 Å². The molecule has 1 atom stereocenters. The summed E-state index contributed by atoms with van der Waals surface area (Å²) in [6, 6.07) is 9.88. The van der Waals surface area contributed by atoms with Gasteiger partial charge in [0.05, 0.1) is 0 Å². The summed E-state index contributed by atoms with van der Waals surface area (Å²) in [5.41, 5.74) is 2.31. The van der Waals surface area contributed by atoms with E-state index in [2.05, 4.69) is 11.4 Å². The van der Waals surface area contributed by atoms with E-state index in [1.807, 2.05) is 35.2 Å². The first kappa shape index (κ1) is 18.5. The van der Waals surface area contributed by atoms with Crippen molar-refractivity contribution in [1.82, 2.24) is 15.1 Å². The van der Waals surface area contributed by atoms with Gasteiger partial charge in [-0.2, -0.15) is 0 Å². The third-order valence-electron chi connectivity index (χ3n) is 5.32. The molecule has 0 aromatic heterocycles. The Morgan fingerprint density at radius 3 is 2.77 bits per heavy atom. The zero-order valence-corrected chi connectivity index (χ0v) is 15.6. The quantitative estimate of drug-likeness (QED) is 0.878. The summed E-state index contributed by atoms with van der Waals surface area (Å²) in [7, 11) is 1.80. The summed E-state index contributed by atoms with van der Waals surface area (Å²) in [5.74, 6) is 0.587. The van der Waals surface area contributed by atoms with Crippen LogP contribution in [0.5, 0.6) is 0 Å². The van der Waals surface area contributed by atoms with Crippen LogP contribution in [0.2, 0.25) is 0 Å². The summed E-state index contributed by atoms with van der Waals surface area (Å²) in [5, 5.41) is 2.93. The Kier molecular flexibility index (Phi) is 6.31. The Morgan fingerprint density at radius 1 is 1.19 bits per heavy atom. The average Bonchev–Trinajstić information content (AvgIpc) is 2.68. The lowest BCUT2D eigenvalue weighted by Gasteiger charge is -2.37. The monoisotopic (exact) mass is 355 g/mol. The van der Waals surface area contributed by atoms with E-state index < -0.39 is 0 Å². The Hall–Kier alpha value is -2.30. The van der Waals surface area contributed by atoms with Crippen molar-refractivity contribution >= 4 is 11.9 Å². The molecule has 3 rings (SSSR count). The van der Waals surface area contributed by atoms with Gasteiger partial charge in [0.15, 0.2) is 0 Å². The molecule has 0 saturated carbocycles. The van der Waals surface area contributed by atoms with Crippen LogP contribution >= 0.6 is 0 Å². The summed E-state index contributed by atoms with van der Waals surface area (Å²) in [6.07, 6.45) is 8.30. The van der Waals surface area contributed by atoms with E-state index >= 15 is 0 Å². The lowest BCUT2D eigenvalue weighted by atomic mass is 9.85. The van der Waals surface area contributed by atoms with Gasteiger partial charge in [-0.3, -0.25) is 9.69 Å². The summed E-state index contributed by atoms with van der Waals surface area (Å²) >= 11 is 0. The third kappa shape index (κ3) is 4.65. The molecule has 1 aliphatic carbocycles. The zero-order valence-electron chi connectivity index (χ0n) is 15.6. The highest BCUT2D eigenvalue weighted by Gasteiger charge is 2.30. The maximum Gasteiger partial charge on any atom is 0.321 e. The van der Waals surface area contributed by atoms with E-state index in [-0.39, 0.29) is 11.9 Å². The molecule has 5 nitrogen and oxygen atoms in total. The van der Waals surface area contributed by atoms with E-state index in [0.717, 1.165) is 24.9 Å². The highest BCUT2D eigenvalue weighted by atomic mass is 16.2. The predicted octanol–water partition coefficient (Wildman–Crippen LogP) is 3.52. The van der Waals surface area contributed by atoms with Gasteiger partial charge in [-0.1, -0.05) is 36.4 Å². The van der Waals surface area contributed by atoms with Gasteiger partial charge in [-0.05, 0) is 43.6 Å². The Balaban J connectivity index is 1.44. The predicted molar refractivity (Wildman–Crippen MR) is 102 cm³/mol. The minimum absolute atomic E-state index is 0.0440. The number of fused-ring (bicyclic) bond motifs is 1. The molecule has 0 bridgehead atoms. The number of amides is 3. The largest absolute Gasteiger partial charge is 0.341 e. The number of hydrogen-bond acceptors (Lipinski definition) is 2. The van der Waals surface area contributed by atoms with Crippen LogP contribution in [0.15, 0.2) is 42.1 Å². The number of benzene rings is 1. The van der Waals surface area contributed by atoms with Crippen LogP contribution in [0, 0.1) is 5.92 Å². The van der Waals surface area contributed by atoms with E-state index in [4.69, 9.17) is 0 Å². The molecule has 3 amide bonds. The number of nitrogens with one attached hydrogen (secondary N) is 1. The number of hydrogen-bond donors (Lipinski definition) is 1. The van der Waals surface area contributed by atoms with Gasteiger partial charge in [0.25, 0.3) is 0 Å². The molecule has 1 fully saturated rings. The number of rotatable bonds is 5. The molecule has 2 aliphatic rings. The first-order chi connectivity index (χ1) is 12.6. The smallest absolute Gasteiger partial charge is 0.321 e. The van der Waals surface area contributed by atoms with Crippen molar-refractivity contribution in [2.75, 3.05) is 20.1 Å². The molecule has 26 heavy (non-hydrogen) atoms. The molecule has 1 N–H and O–H groups in total. The second-order valence-electron chi connectivity index (χ2n) is 7.27. The standard InChI is InChI=1S/C21H29N3O2/c1-23(16-17-8-3-2-4-9-17)20(25)13-14-22-21(26)24-15-7-11-18-10-5-6-12-19(18)24/h2-4,8-9,12,18H,5-7,10-11,13-16H2,1H3,(H,22,26). The SMILES string of the molecule is CN(Cc1ccccc1)C(=O)CCNC(=O)N1CCCC2CCCC=C21. The minimum atomic E-state index is -0.0543. The second kappa shape index (κ2) is 8.88. The molecule has 140 valence electrons. The van der Waals surface area contributed by atoms with Crippen LogP contribution in [-0.4, -0.2) is 41.9 Å². The van der Waals surface area contributed by atoms with Gasteiger partial charge in [-0.25, -0.2) is 4.79 Å². The van der Waals surface area contributed by atoms with Gasteiger partial charge in [0, 0.05) is 38.8 Å². The molecule has 0 spiro atoms. The fourth-order valence-electron chi connectivity index (χ4n) is 3.90. The van der Waals surface area contributed by atoms with Crippen LogP contribution in [0.25, 0.3) is 0 Å². The lowest BCUT2D eigenvalue weighted by Crippen LogP contribution is -2.45. The highest BCUT2D eigenvalue weighted by molar-refractivity contribution is 5.79. The molecule has 1 aliphatic heterocycles. The van der Waals surface area contributed by atoms with Crippen LogP contribution < -0.4 is 5.32 Å². The second-order valence-corrected chi connectivity index (χ2v) is 7.27. The zero-order chi connectivity index (χ0) is 18.4. The first-order valence-electron chi connectivity index (χ1n) is 9.68. The van der Waals surface area contributed by atoms with E-state index in [1.165, 1.54) is 25.0 Å². The Labute approximate surface area is 156 Å². The molecule has 1 saturated heterocycles. The summed E-state index contributed by atoms with van der Waals surface area (Å²) in [6.45, 7) is 1.76. The average molecular weight is 355 g/mol. The van der Waals surface area contributed by atoms with Gasteiger partial charge in [0.2, 0.25) is 5.91 Å². The van der Waals surface area contributed by atoms with E-state index in [0.29, 0.717) is 25.4 Å². The molecule has 5 heteroatoms. The fourth-order valence-corrected chi connectivity index (χ4v) is 3.90. The Bertz CT molecular complexity index is 656. The molecular formula is C21H29N3O2. The highest BCUT2D eigenvalue weighted by Crippen LogP contribution is 2.34. The molecular weight excluding hydrogens is 326 g/mol. The van der Waals surface area contributed by atoms with E-state index in [9.17, 15) is 9.59 Å². The maximum atomic E-state index is 12.5. The van der Waals surface area contributed by atoms with Crippen LogP contribution in [0.4, 0.5) is 4.79 Å². The number of carbonyl (C=O) groups is 2. The van der Waals surface area contributed by atoms with E-state index in [1.54, 1.807) is 11.9 Å². The normalized spacial score (nSPS) is 19.3. The van der Waals surface area contributed by atoms with Crippen molar-refractivity contribution < 1.29 is 9.59 Å². The van der Waals surface area contributed by atoms with Crippen molar-refractivity contribution in [3.63, 3.8) is 0 Å². The molecule has 1 unspecified atom stereocenters. The Morgan fingerprint density at radius 2 is 1.96 bits per heavy atom. The number of nitrogens with zero attached hydrogens (tertiary/aromatic N) is 2. The van der Waals surface area contributed by atoms with Crippen molar-refractivity contribution in [1.29, 1.82) is 0 Å². The molecule has 1 aromatic carbocycles.